The fourth-order valence-electron chi connectivity index (χ4n) is 6.36. The number of amides is 2. The Bertz CT molecular complexity index is 1140. The van der Waals surface area contributed by atoms with Gasteiger partial charge in [0.05, 0.1) is 26.4 Å². The van der Waals surface area contributed by atoms with Gasteiger partial charge in [-0.25, -0.2) is 0 Å². The molecule has 0 aromatic rings. The molecule has 4 rings (SSSR count). The molecule has 0 saturated carbocycles. The van der Waals surface area contributed by atoms with E-state index in [1.54, 1.807) is 0 Å². The molecule has 51 heavy (non-hydrogen) atoms. The van der Waals surface area contributed by atoms with Gasteiger partial charge in [0.25, 0.3) is 0 Å². The maximum Gasteiger partial charge on any atom is 0.217 e. The third-order valence-corrected chi connectivity index (χ3v) is 9.01. The lowest BCUT2D eigenvalue weighted by Gasteiger charge is -2.50. The van der Waals surface area contributed by atoms with Gasteiger partial charge < -0.3 is 105 Å². The molecule has 296 valence electrons. The van der Waals surface area contributed by atoms with Crippen molar-refractivity contribution in [2.24, 2.45) is 0 Å². The van der Waals surface area contributed by atoms with Crippen LogP contribution in [0.4, 0.5) is 0 Å². The summed E-state index contributed by atoms with van der Waals surface area (Å²) in [6.45, 7) is -1.25. The molecular formula is C28H48N2O21. The summed E-state index contributed by atoms with van der Waals surface area (Å²) in [5.74, 6) is -1.39. The fraction of sp³-hybridized carbons (Fsp3) is 0.929. The average molecular weight is 749 g/mol. The maximum atomic E-state index is 12.2. The van der Waals surface area contributed by atoms with Crippen molar-refractivity contribution in [3.05, 3.63) is 0 Å². The van der Waals surface area contributed by atoms with Gasteiger partial charge in [-0.3, -0.25) is 9.59 Å². The third-order valence-electron chi connectivity index (χ3n) is 9.01. The first kappa shape index (κ1) is 41.9. The summed E-state index contributed by atoms with van der Waals surface area (Å²) in [5.41, 5.74) is 0. The second-order valence-electron chi connectivity index (χ2n) is 12.6. The zero-order valence-corrected chi connectivity index (χ0v) is 27.4. The molecule has 0 bridgehead atoms. The van der Waals surface area contributed by atoms with E-state index in [4.69, 9.17) is 33.2 Å². The number of aliphatic hydroxyl groups is 12. The summed E-state index contributed by atoms with van der Waals surface area (Å²) in [4.78, 5) is 23.9. The first-order valence-electron chi connectivity index (χ1n) is 16.1. The molecule has 4 fully saturated rings. The molecule has 0 radical (unpaired) electrons. The molecular weight excluding hydrogens is 700 g/mol. The number of aliphatic hydroxyl groups excluding tert-OH is 12. The number of nitrogens with one attached hydrogen (secondary N) is 2. The van der Waals surface area contributed by atoms with E-state index in [1.165, 1.54) is 0 Å². The van der Waals surface area contributed by atoms with Crippen LogP contribution in [0.25, 0.3) is 0 Å². The van der Waals surface area contributed by atoms with E-state index in [9.17, 15) is 70.9 Å². The molecule has 0 spiro atoms. The quantitative estimate of drug-likeness (QED) is 0.0881. The van der Waals surface area contributed by atoms with E-state index in [0.717, 1.165) is 13.8 Å². The van der Waals surface area contributed by atoms with E-state index in [2.05, 4.69) is 10.6 Å². The minimum absolute atomic E-state index is 0.656. The highest BCUT2D eigenvalue weighted by atomic mass is 16.8. The number of rotatable bonds is 12. The molecule has 4 saturated heterocycles. The topological polar surface area (TPSA) is 366 Å². The molecule has 4 aliphatic heterocycles. The van der Waals surface area contributed by atoms with Crippen LogP contribution in [-0.4, -0.2) is 222 Å². The Morgan fingerprint density at radius 2 is 0.843 bits per heavy atom. The fourth-order valence-corrected chi connectivity index (χ4v) is 6.36. The molecule has 0 aromatic carbocycles. The van der Waals surface area contributed by atoms with Crippen LogP contribution in [0, 0.1) is 0 Å². The zero-order chi connectivity index (χ0) is 37.9. The van der Waals surface area contributed by atoms with E-state index < -0.39 is 161 Å². The molecule has 14 N–H and O–H groups in total. The van der Waals surface area contributed by atoms with Crippen molar-refractivity contribution >= 4 is 11.8 Å². The highest BCUT2D eigenvalue weighted by molar-refractivity contribution is 5.73. The van der Waals surface area contributed by atoms with Crippen LogP contribution in [0.2, 0.25) is 0 Å². The second kappa shape index (κ2) is 18.0. The summed E-state index contributed by atoms with van der Waals surface area (Å²) >= 11 is 0. The largest absolute Gasteiger partial charge is 0.394 e. The lowest BCUT2D eigenvalue weighted by atomic mass is 9.94. The van der Waals surface area contributed by atoms with Gasteiger partial charge in [0.15, 0.2) is 25.2 Å². The Balaban J connectivity index is 1.52. The molecule has 0 aromatic heterocycles. The first-order chi connectivity index (χ1) is 24.1. The lowest BCUT2D eigenvalue weighted by molar-refractivity contribution is -0.378. The van der Waals surface area contributed by atoms with Crippen molar-refractivity contribution in [1.82, 2.24) is 10.6 Å². The van der Waals surface area contributed by atoms with Gasteiger partial charge in [0.2, 0.25) is 11.8 Å². The third kappa shape index (κ3) is 9.11. The number of carbonyl (C=O) groups is 2. The second-order valence-corrected chi connectivity index (χ2v) is 12.6. The van der Waals surface area contributed by atoms with E-state index in [1.807, 2.05) is 0 Å². The summed E-state index contributed by atoms with van der Waals surface area (Å²) in [5, 5.41) is 129. The Kier molecular flexibility index (Phi) is 14.8. The minimum Gasteiger partial charge on any atom is -0.394 e. The van der Waals surface area contributed by atoms with Gasteiger partial charge in [-0.1, -0.05) is 0 Å². The SMILES string of the molecule is CC(=O)N[C@@H]1[C@@H](O)[C@H](O[C@@H]2O[C@H](CO)[C@@H](O[C@H]3O[C@H](CO)[C@@H](O[C@H]4O[C@H](CO)[C@@H](O)[C@H](O)[C@@H]4O)[C@H](O)[C@@H]3O)[C@H](O)[C@H]2NC(C)=O)[C@@H](CO)O[C@H]1O. The average Bonchev–Trinajstić information content (AvgIpc) is 3.09. The highest BCUT2D eigenvalue weighted by Crippen LogP contribution is 2.34. The molecule has 4 heterocycles. The first-order valence-corrected chi connectivity index (χ1v) is 16.1. The summed E-state index contributed by atoms with van der Waals surface area (Å²) in [7, 11) is 0. The van der Waals surface area contributed by atoms with Gasteiger partial charge in [0, 0.05) is 13.8 Å². The molecule has 23 heteroatoms. The van der Waals surface area contributed by atoms with E-state index in [0.29, 0.717) is 0 Å². The molecule has 20 atom stereocenters. The standard InChI is InChI=1S/C28H48N2O21/c1-7(35)29-13-16(38)22(10(4-32)45-25(13)44)49-26-14(30-8(2)36)17(39)23(11(5-33)47-26)50-28-21(43)19(41)24(12(6-34)48-28)51-27-20(42)18(40)15(37)9(3-31)46-27/h9-28,31-34,37-44H,3-6H2,1-2H3,(H,29,35)(H,30,36)/t9-,10-,11-,12-,13-,14-,15-,16-,17-,18+,19-,20+,21+,22-,23-,24-,25-,26+,27-,28-/m1/s1. The summed E-state index contributed by atoms with van der Waals surface area (Å²) in [6, 6.07) is -3.02. The Morgan fingerprint density at radius 1 is 0.471 bits per heavy atom. The number of hydrogen-bond donors (Lipinski definition) is 14. The normalized spacial score (nSPS) is 47.8. The van der Waals surface area contributed by atoms with Crippen LogP contribution < -0.4 is 10.6 Å². The molecule has 0 aliphatic carbocycles. The Labute approximate surface area is 289 Å². The molecule has 0 unspecified atom stereocenters. The van der Waals surface area contributed by atoms with Gasteiger partial charge in [0.1, 0.15) is 97.5 Å². The van der Waals surface area contributed by atoms with Crippen molar-refractivity contribution in [1.29, 1.82) is 0 Å². The number of carbonyl (C=O) groups excluding carboxylic acids is 2. The Morgan fingerprint density at radius 3 is 1.33 bits per heavy atom. The lowest BCUT2D eigenvalue weighted by Crippen LogP contribution is -2.70. The zero-order valence-electron chi connectivity index (χ0n) is 27.4. The van der Waals surface area contributed by atoms with Gasteiger partial charge in [-0.15, -0.1) is 0 Å². The van der Waals surface area contributed by atoms with Gasteiger partial charge >= 0.3 is 0 Å². The molecule has 4 aliphatic rings. The summed E-state index contributed by atoms with van der Waals surface area (Å²) < 4.78 is 39.1. The summed E-state index contributed by atoms with van der Waals surface area (Å²) in [6.07, 6.45) is -31.1. The van der Waals surface area contributed by atoms with Crippen molar-refractivity contribution in [2.75, 3.05) is 26.4 Å². The number of ether oxygens (including phenoxy) is 7. The van der Waals surface area contributed by atoms with Crippen LogP contribution in [-0.2, 0) is 42.7 Å². The number of hydrogen-bond acceptors (Lipinski definition) is 21. The van der Waals surface area contributed by atoms with Crippen LogP contribution in [0.15, 0.2) is 0 Å². The van der Waals surface area contributed by atoms with Crippen LogP contribution in [0.3, 0.4) is 0 Å². The van der Waals surface area contributed by atoms with E-state index >= 15 is 0 Å². The van der Waals surface area contributed by atoms with Gasteiger partial charge in [-0.05, 0) is 0 Å². The van der Waals surface area contributed by atoms with Crippen molar-refractivity contribution in [2.45, 2.75) is 137 Å². The minimum atomic E-state index is -2.04. The van der Waals surface area contributed by atoms with Crippen LogP contribution >= 0.6 is 0 Å². The smallest absolute Gasteiger partial charge is 0.217 e. The van der Waals surface area contributed by atoms with Crippen LogP contribution in [0.1, 0.15) is 13.8 Å². The molecule has 2 amide bonds. The van der Waals surface area contributed by atoms with E-state index in [-0.39, 0.29) is 0 Å². The predicted octanol–water partition coefficient (Wildman–Crippen LogP) is -9.46. The van der Waals surface area contributed by atoms with Crippen LogP contribution in [0.5, 0.6) is 0 Å². The van der Waals surface area contributed by atoms with Gasteiger partial charge in [-0.2, -0.15) is 0 Å². The van der Waals surface area contributed by atoms with Crippen molar-refractivity contribution < 1.29 is 104 Å². The van der Waals surface area contributed by atoms with Crippen molar-refractivity contribution in [3.63, 3.8) is 0 Å². The predicted molar refractivity (Wildman–Crippen MR) is 157 cm³/mol. The highest BCUT2D eigenvalue weighted by Gasteiger charge is 2.55. The molecule has 23 nitrogen and oxygen atoms in total. The maximum absolute atomic E-state index is 12.2. The Hall–Kier alpha value is -1.82. The van der Waals surface area contributed by atoms with Crippen molar-refractivity contribution in [3.8, 4) is 0 Å². The monoisotopic (exact) mass is 748 g/mol.